The van der Waals surface area contributed by atoms with Crippen molar-refractivity contribution in [3.8, 4) is 0 Å². The number of thiol groups is 2. The molecule has 0 aliphatic rings. The molecule has 2 rings (SSSR count). The van der Waals surface area contributed by atoms with Gasteiger partial charge in [0.25, 0.3) is 0 Å². The zero-order valence-electron chi connectivity index (χ0n) is 8.17. The second kappa shape index (κ2) is 4.77. The van der Waals surface area contributed by atoms with Crippen LogP contribution in [0.25, 0.3) is 0 Å². The van der Waals surface area contributed by atoms with Crippen LogP contribution in [-0.2, 0) is 0 Å². The van der Waals surface area contributed by atoms with E-state index in [-0.39, 0.29) is 5.25 Å². The van der Waals surface area contributed by atoms with E-state index >= 15 is 0 Å². The fourth-order valence-corrected chi connectivity index (χ4v) is 1.98. The maximum absolute atomic E-state index is 4.62. The Morgan fingerprint density at radius 2 is 1.27 bits per heavy atom. The summed E-state index contributed by atoms with van der Waals surface area (Å²) in [4.78, 5) is 0.979. The molecule has 0 heterocycles. The topological polar surface area (TPSA) is 0 Å². The highest BCUT2D eigenvalue weighted by Crippen LogP contribution is 2.28. The minimum Gasteiger partial charge on any atom is -0.166 e. The zero-order chi connectivity index (χ0) is 10.7. The van der Waals surface area contributed by atoms with E-state index in [2.05, 4.69) is 49.5 Å². The van der Waals surface area contributed by atoms with Gasteiger partial charge in [-0.3, -0.25) is 0 Å². The van der Waals surface area contributed by atoms with Crippen molar-refractivity contribution in [1.82, 2.24) is 0 Å². The number of benzene rings is 2. The predicted molar refractivity (Wildman–Crippen MR) is 71.0 cm³/mol. The lowest BCUT2D eigenvalue weighted by Crippen LogP contribution is -1.92. The molecule has 0 saturated heterocycles. The Labute approximate surface area is 101 Å². The molecule has 0 amide bonds. The Bertz CT molecular complexity index is 420. The van der Waals surface area contributed by atoms with Gasteiger partial charge in [-0.25, -0.2) is 0 Å². The summed E-state index contributed by atoms with van der Waals surface area (Å²) in [5, 5.41) is 0.139. The van der Waals surface area contributed by atoms with Gasteiger partial charge < -0.3 is 0 Å². The molecule has 2 aromatic carbocycles. The molecule has 0 spiro atoms. The molecular formula is C13H12S2. The molecule has 0 bridgehead atoms. The van der Waals surface area contributed by atoms with Crippen molar-refractivity contribution in [1.29, 1.82) is 0 Å². The Kier molecular flexibility index (Phi) is 3.39. The molecule has 2 heteroatoms. The van der Waals surface area contributed by atoms with Crippen LogP contribution >= 0.6 is 25.3 Å². The van der Waals surface area contributed by atoms with Gasteiger partial charge in [0.05, 0.1) is 5.25 Å². The fraction of sp³-hybridized carbons (Fsp3) is 0.0769. The van der Waals surface area contributed by atoms with E-state index in [1.54, 1.807) is 0 Å². The van der Waals surface area contributed by atoms with Crippen LogP contribution in [0.4, 0.5) is 0 Å². The van der Waals surface area contributed by atoms with E-state index in [4.69, 9.17) is 0 Å². The van der Waals surface area contributed by atoms with Crippen LogP contribution in [-0.4, -0.2) is 0 Å². The maximum Gasteiger partial charge on any atom is 0.0516 e. The van der Waals surface area contributed by atoms with Gasteiger partial charge in [0, 0.05) is 4.90 Å². The SMILES string of the molecule is Sc1ccc(C(S)c2ccccc2)cc1. The van der Waals surface area contributed by atoms with E-state index in [1.807, 2.05) is 30.3 Å². The summed E-state index contributed by atoms with van der Waals surface area (Å²) in [6.45, 7) is 0. The van der Waals surface area contributed by atoms with Crippen LogP contribution in [0.15, 0.2) is 59.5 Å². The Morgan fingerprint density at radius 3 is 1.87 bits per heavy atom. The molecule has 0 aliphatic heterocycles. The highest BCUT2D eigenvalue weighted by Gasteiger charge is 2.07. The Morgan fingerprint density at radius 1 is 0.733 bits per heavy atom. The lowest BCUT2D eigenvalue weighted by atomic mass is 10.0. The lowest BCUT2D eigenvalue weighted by molar-refractivity contribution is 1.16. The third-order valence-electron chi connectivity index (χ3n) is 2.32. The first-order valence-electron chi connectivity index (χ1n) is 4.79. The average molecular weight is 232 g/mol. The van der Waals surface area contributed by atoms with Crippen LogP contribution in [0.5, 0.6) is 0 Å². The van der Waals surface area contributed by atoms with Crippen molar-refractivity contribution in [3.63, 3.8) is 0 Å². The van der Waals surface area contributed by atoms with Gasteiger partial charge in [0.15, 0.2) is 0 Å². The van der Waals surface area contributed by atoms with Crippen LogP contribution in [0, 0.1) is 0 Å². The molecule has 1 atom stereocenters. The van der Waals surface area contributed by atoms with Gasteiger partial charge in [-0.15, -0.1) is 12.6 Å². The van der Waals surface area contributed by atoms with E-state index in [0.29, 0.717) is 0 Å². The molecule has 76 valence electrons. The first kappa shape index (κ1) is 10.7. The third kappa shape index (κ3) is 2.58. The van der Waals surface area contributed by atoms with Crippen molar-refractivity contribution < 1.29 is 0 Å². The smallest absolute Gasteiger partial charge is 0.0516 e. The minimum atomic E-state index is 0.139. The molecule has 15 heavy (non-hydrogen) atoms. The molecule has 1 unspecified atom stereocenters. The molecule has 0 nitrogen and oxygen atoms in total. The Hall–Kier alpha value is -0.860. The van der Waals surface area contributed by atoms with Crippen LogP contribution < -0.4 is 0 Å². The molecular weight excluding hydrogens is 220 g/mol. The fourth-order valence-electron chi connectivity index (χ4n) is 1.48. The second-order valence-corrected chi connectivity index (χ2v) is 4.44. The molecule has 0 aromatic heterocycles. The summed E-state index contributed by atoms with van der Waals surface area (Å²) in [5.74, 6) is 0. The van der Waals surface area contributed by atoms with Crippen molar-refractivity contribution in [2.75, 3.05) is 0 Å². The van der Waals surface area contributed by atoms with Crippen LogP contribution in [0.2, 0.25) is 0 Å². The van der Waals surface area contributed by atoms with Gasteiger partial charge in [0.1, 0.15) is 0 Å². The van der Waals surface area contributed by atoms with Crippen LogP contribution in [0.3, 0.4) is 0 Å². The van der Waals surface area contributed by atoms with Gasteiger partial charge >= 0.3 is 0 Å². The lowest BCUT2D eigenvalue weighted by Gasteiger charge is -2.11. The summed E-state index contributed by atoms with van der Waals surface area (Å²) in [6.07, 6.45) is 0. The normalized spacial score (nSPS) is 12.4. The first-order chi connectivity index (χ1) is 7.27. The van der Waals surface area contributed by atoms with E-state index in [1.165, 1.54) is 11.1 Å². The standard InChI is InChI=1S/C13H12S2/c14-12-8-6-11(7-9-12)13(15)10-4-2-1-3-5-10/h1-9,13-15H. The zero-order valence-corrected chi connectivity index (χ0v) is 9.96. The molecule has 0 radical (unpaired) electrons. The predicted octanol–water partition coefficient (Wildman–Crippen LogP) is 3.99. The van der Waals surface area contributed by atoms with Gasteiger partial charge in [0.2, 0.25) is 0 Å². The van der Waals surface area contributed by atoms with E-state index in [9.17, 15) is 0 Å². The summed E-state index contributed by atoms with van der Waals surface area (Å²) >= 11 is 8.88. The minimum absolute atomic E-state index is 0.139. The number of hydrogen-bond donors (Lipinski definition) is 2. The van der Waals surface area contributed by atoms with Crippen LogP contribution in [0.1, 0.15) is 16.4 Å². The van der Waals surface area contributed by atoms with E-state index in [0.717, 1.165) is 4.90 Å². The number of rotatable bonds is 2. The monoisotopic (exact) mass is 232 g/mol. The summed E-state index contributed by atoms with van der Waals surface area (Å²) < 4.78 is 0. The van der Waals surface area contributed by atoms with E-state index < -0.39 is 0 Å². The number of hydrogen-bond acceptors (Lipinski definition) is 2. The molecule has 0 aliphatic carbocycles. The molecule has 0 fully saturated rings. The molecule has 2 aromatic rings. The average Bonchev–Trinajstić information content (AvgIpc) is 2.30. The Balaban J connectivity index is 2.29. The van der Waals surface area contributed by atoms with Crippen molar-refractivity contribution >= 4 is 25.3 Å². The van der Waals surface area contributed by atoms with Crippen molar-refractivity contribution in [2.24, 2.45) is 0 Å². The third-order valence-corrected chi connectivity index (χ3v) is 3.22. The summed E-state index contributed by atoms with van der Waals surface area (Å²) in [5.41, 5.74) is 2.41. The van der Waals surface area contributed by atoms with Crippen molar-refractivity contribution in [3.05, 3.63) is 65.7 Å². The highest BCUT2D eigenvalue weighted by molar-refractivity contribution is 7.80. The largest absolute Gasteiger partial charge is 0.166 e. The first-order valence-corrected chi connectivity index (χ1v) is 5.75. The molecule has 0 saturated carbocycles. The molecule has 0 N–H and O–H groups in total. The van der Waals surface area contributed by atoms with Gasteiger partial charge in [-0.05, 0) is 23.3 Å². The highest BCUT2D eigenvalue weighted by atomic mass is 32.1. The van der Waals surface area contributed by atoms with Gasteiger partial charge in [-0.2, -0.15) is 12.6 Å². The second-order valence-electron chi connectivity index (χ2n) is 3.40. The van der Waals surface area contributed by atoms with Gasteiger partial charge in [-0.1, -0.05) is 42.5 Å². The van der Waals surface area contributed by atoms with Crippen molar-refractivity contribution in [2.45, 2.75) is 10.1 Å². The quantitative estimate of drug-likeness (QED) is 0.719. The summed E-state index contributed by atoms with van der Waals surface area (Å²) in [7, 11) is 0. The summed E-state index contributed by atoms with van der Waals surface area (Å²) in [6, 6.07) is 18.4. The maximum atomic E-state index is 4.62.